The molecule has 2 rings (SSSR count). The maximum atomic E-state index is 11.8. The first-order valence-electron chi connectivity index (χ1n) is 5.51. The van der Waals surface area contributed by atoms with Crippen LogP contribution in [0.5, 0.6) is 0 Å². The first kappa shape index (κ1) is 12.0. The number of carbonyl (C=O) groups is 1. The van der Waals surface area contributed by atoms with Crippen LogP contribution in [-0.4, -0.2) is 15.5 Å². The molecule has 0 aliphatic rings. The largest absolute Gasteiger partial charge is 0.348 e. The van der Waals surface area contributed by atoms with E-state index in [9.17, 15) is 9.59 Å². The summed E-state index contributed by atoms with van der Waals surface area (Å²) in [6.45, 7) is 0.217. The molecule has 5 heteroatoms. The van der Waals surface area contributed by atoms with E-state index in [-0.39, 0.29) is 18.0 Å². The van der Waals surface area contributed by atoms with Crippen LogP contribution in [0.15, 0.2) is 47.7 Å². The van der Waals surface area contributed by atoms with Gasteiger partial charge in [0.25, 0.3) is 11.5 Å². The molecule has 2 aromatic rings. The number of nitrogens with zero attached hydrogens (tertiary/aromatic N) is 2. The Morgan fingerprint density at radius 2 is 2.06 bits per heavy atom. The Bertz CT molecular complexity index is 605. The molecule has 92 valence electrons. The fourth-order valence-electron chi connectivity index (χ4n) is 1.57. The predicted molar refractivity (Wildman–Crippen MR) is 67.1 cm³/mol. The van der Waals surface area contributed by atoms with Crippen LogP contribution < -0.4 is 10.9 Å². The summed E-state index contributed by atoms with van der Waals surface area (Å²) in [5, 5.41) is 2.70. The van der Waals surface area contributed by atoms with Crippen molar-refractivity contribution in [2.75, 3.05) is 0 Å². The molecule has 0 aliphatic heterocycles. The second-order valence-corrected chi connectivity index (χ2v) is 3.87. The van der Waals surface area contributed by atoms with Crippen LogP contribution in [0.2, 0.25) is 0 Å². The first-order chi connectivity index (χ1) is 8.68. The maximum Gasteiger partial charge on any atom is 0.255 e. The smallest absolute Gasteiger partial charge is 0.255 e. The number of hydrogen-bond donors (Lipinski definition) is 1. The molecule has 1 N–H and O–H groups in total. The van der Waals surface area contributed by atoms with E-state index in [0.29, 0.717) is 11.1 Å². The standard InChI is InChI=1S/C13H13N3O2/c1-16-8-2-3-11(13(16)18)9-15-12(17)10-4-6-14-7-5-10/h2-8H,9H2,1H3,(H,15,17). The maximum absolute atomic E-state index is 11.8. The molecule has 0 aliphatic carbocycles. The first-order valence-corrected chi connectivity index (χ1v) is 5.51. The van der Waals surface area contributed by atoms with Gasteiger partial charge in [0.2, 0.25) is 0 Å². The Labute approximate surface area is 104 Å². The molecule has 5 nitrogen and oxygen atoms in total. The van der Waals surface area contributed by atoms with Crippen molar-refractivity contribution >= 4 is 5.91 Å². The summed E-state index contributed by atoms with van der Waals surface area (Å²) in [5.74, 6) is -0.219. The third kappa shape index (κ3) is 2.63. The zero-order valence-corrected chi connectivity index (χ0v) is 9.96. The average molecular weight is 243 g/mol. The highest BCUT2D eigenvalue weighted by molar-refractivity contribution is 5.93. The van der Waals surface area contributed by atoms with Crippen LogP contribution in [0, 0.1) is 0 Å². The summed E-state index contributed by atoms with van der Waals surface area (Å²) in [4.78, 5) is 27.3. The van der Waals surface area contributed by atoms with Crippen LogP contribution in [0.3, 0.4) is 0 Å². The van der Waals surface area contributed by atoms with E-state index in [4.69, 9.17) is 0 Å². The fourth-order valence-corrected chi connectivity index (χ4v) is 1.57. The molecular weight excluding hydrogens is 230 g/mol. The van der Waals surface area contributed by atoms with Crippen LogP contribution in [0.25, 0.3) is 0 Å². The monoisotopic (exact) mass is 243 g/mol. The Morgan fingerprint density at radius 3 is 2.78 bits per heavy atom. The Kier molecular flexibility index (Phi) is 3.52. The van der Waals surface area contributed by atoms with E-state index < -0.39 is 0 Å². The zero-order valence-electron chi connectivity index (χ0n) is 9.96. The van der Waals surface area contributed by atoms with E-state index in [1.807, 2.05) is 0 Å². The van der Waals surface area contributed by atoms with Gasteiger partial charge in [-0.25, -0.2) is 0 Å². The lowest BCUT2D eigenvalue weighted by atomic mass is 10.2. The van der Waals surface area contributed by atoms with Crippen molar-refractivity contribution in [2.45, 2.75) is 6.54 Å². The van der Waals surface area contributed by atoms with Crippen molar-refractivity contribution in [2.24, 2.45) is 7.05 Å². The van der Waals surface area contributed by atoms with Gasteiger partial charge in [-0.3, -0.25) is 14.6 Å². The molecule has 0 saturated carbocycles. The topological polar surface area (TPSA) is 64.0 Å². The minimum atomic E-state index is -0.219. The summed E-state index contributed by atoms with van der Waals surface area (Å²) in [6.07, 6.45) is 4.78. The SMILES string of the molecule is Cn1cccc(CNC(=O)c2ccncc2)c1=O. The van der Waals surface area contributed by atoms with Gasteiger partial charge < -0.3 is 9.88 Å². The number of aryl methyl sites for hydroxylation is 1. The number of nitrogens with one attached hydrogen (secondary N) is 1. The molecule has 2 aromatic heterocycles. The van der Waals surface area contributed by atoms with E-state index >= 15 is 0 Å². The van der Waals surface area contributed by atoms with Crippen LogP contribution >= 0.6 is 0 Å². The molecule has 1 amide bonds. The molecule has 18 heavy (non-hydrogen) atoms. The van der Waals surface area contributed by atoms with Gasteiger partial charge in [-0.2, -0.15) is 0 Å². The minimum Gasteiger partial charge on any atom is -0.348 e. The Hall–Kier alpha value is -2.43. The number of aromatic nitrogens is 2. The third-order valence-electron chi connectivity index (χ3n) is 2.58. The zero-order chi connectivity index (χ0) is 13.0. The van der Waals surface area contributed by atoms with Gasteiger partial charge in [-0.15, -0.1) is 0 Å². The number of rotatable bonds is 3. The lowest BCUT2D eigenvalue weighted by Gasteiger charge is -2.05. The number of carbonyl (C=O) groups excluding carboxylic acids is 1. The summed E-state index contributed by atoms with van der Waals surface area (Å²) < 4.78 is 1.48. The van der Waals surface area contributed by atoms with Crippen LogP contribution in [-0.2, 0) is 13.6 Å². The molecule has 0 bridgehead atoms. The van der Waals surface area contributed by atoms with Crippen molar-refractivity contribution in [1.82, 2.24) is 14.9 Å². The summed E-state index contributed by atoms with van der Waals surface area (Å²) in [6, 6.07) is 6.72. The lowest BCUT2D eigenvalue weighted by Crippen LogP contribution is -2.28. The second-order valence-electron chi connectivity index (χ2n) is 3.87. The van der Waals surface area contributed by atoms with E-state index in [1.165, 1.54) is 4.57 Å². The Morgan fingerprint density at radius 1 is 1.33 bits per heavy atom. The van der Waals surface area contributed by atoms with Crippen molar-refractivity contribution in [3.8, 4) is 0 Å². The highest BCUT2D eigenvalue weighted by Crippen LogP contribution is 1.97. The van der Waals surface area contributed by atoms with Gasteiger partial charge in [0.15, 0.2) is 0 Å². The quantitative estimate of drug-likeness (QED) is 0.863. The molecule has 0 aromatic carbocycles. The molecule has 2 heterocycles. The van der Waals surface area contributed by atoms with Gasteiger partial charge in [-0.1, -0.05) is 6.07 Å². The van der Waals surface area contributed by atoms with Crippen molar-refractivity contribution in [3.05, 3.63) is 64.3 Å². The van der Waals surface area contributed by atoms with Crippen molar-refractivity contribution in [1.29, 1.82) is 0 Å². The molecule has 0 saturated heterocycles. The van der Waals surface area contributed by atoms with E-state index in [0.717, 1.165) is 0 Å². The molecule has 0 fully saturated rings. The highest BCUT2D eigenvalue weighted by atomic mass is 16.2. The lowest BCUT2D eigenvalue weighted by molar-refractivity contribution is 0.0950. The molecule has 0 atom stereocenters. The molecule has 0 radical (unpaired) electrons. The summed E-state index contributed by atoms with van der Waals surface area (Å²) in [5.41, 5.74) is 0.979. The van der Waals surface area contributed by atoms with Gasteiger partial charge in [0, 0.05) is 43.3 Å². The predicted octanol–water partition coefficient (Wildman–Crippen LogP) is 0.710. The van der Waals surface area contributed by atoms with E-state index in [2.05, 4.69) is 10.3 Å². The molecule has 0 spiro atoms. The van der Waals surface area contributed by atoms with Gasteiger partial charge in [-0.05, 0) is 18.2 Å². The van der Waals surface area contributed by atoms with Crippen molar-refractivity contribution < 1.29 is 4.79 Å². The van der Waals surface area contributed by atoms with Gasteiger partial charge in [0.1, 0.15) is 0 Å². The second kappa shape index (κ2) is 5.27. The average Bonchev–Trinajstić information content (AvgIpc) is 2.41. The van der Waals surface area contributed by atoms with Crippen molar-refractivity contribution in [3.63, 3.8) is 0 Å². The summed E-state index contributed by atoms with van der Waals surface area (Å²) >= 11 is 0. The van der Waals surface area contributed by atoms with E-state index in [1.54, 1.807) is 49.9 Å². The number of amides is 1. The van der Waals surface area contributed by atoms with Gasteiger partial charge >= 0.3 is 0 Å². The van der Waals surface area contributed by atoms with Crippen LogP contribution in [0.1, 0.15) is 15.9 Å². The molecular formula is C13H13N3O2. The normalized spacial score (nSPS) is 10.1. The minimum absolute atomic E-state index is 0.104. The highest BCUT2D eigenvalue weighted by Gasteiger charge is 2.06. The van der Waals surface area contributed by atoms with Crippen LogP contribution in [0.4, 0.5) is 0 Å². The Balaban J connectivity index is 2.07. The fraction of sp³-hybridized carbons (Fsp3) is 0.154. The third-order valence-corrected chi connectivity index (χ3v) is 2.58. The number of pyridine rings is 2. The molecule has 0 unspecified atom stereocenters. The number of hydrogen-bond acceptors (Lipinski definition) is 3. The summed E-state index contributed by atoms with van der Waals surface area (Å²) in [7, 11) is 1.68. The van der Waals surface area contributed by atoms with Gasteiger partial charge in [0.05, 0.1) is 0 Å².